The third-order valence-corrected chi connectivity index (χ3v) is 3.41. The zero-order valence-corrected chi connectivity index (χ0v) is 13.4. The lowest BCUT2D eigenvalue weighted by Crippen LogP contribution is -1.96. The Labute approximate surface area is 135 Å². The summed E-state index contributed by atoms with van der Waals surface area (Å²) in [5.74, 6) is 0.561. The highest BCUT2D eigenvalue weighted by Gasteiger charge is 2.10. The Hall–Kier alpha value is -2.42. The van der Waals surface area contributed by atoms with Gasteiger partial charge >= 0.3 is 0 Å². The highest BCUT2D eigenvalue weighted by molar-refractivity contribution is 5.43. The fraction of sp³-hybridized carbons (Fsp3) is 0.200. The maximum Gasteiger partial charge on any atom is 0.131 e. The van der Waals surface area contributed by atoms with Crippen LogP contribution in [0, 0.1) is 11.6 Å². The van der Waals surface area contributed by atoms with Crippen molar-refractivity contribution in [3.8, 4) is 11.5 Å². The highest BCUT2D eigenvalue weighted by atomic mass is 19.1. The zero-order chi connectivity index (χ0) is 16.7. The van der Waals surface area contributed by atoms with Crippen LogP contribution in [-0.4, -0.2) is 0 Å². The molecule has 0 saturated carbocycles. The predicted octanol–water partition coefficient (Wildman–Crippen LogP) is 5.99. The first-order valence-electron chi connectivity index (χ1n) is 7.61. The molecule has 0 heterocycles. The van der Waals surface area contributed by atoms with Crippen LogP contribution in [-0.2, 0) is 12.8 Å². The van der Waals surface area contributed by atoms with Crippen LogP contribution in [0.3, 0.4) is 0 Å². The van der Waals surface area contributed by atoms with Crippen molar-refractivity contribution in [3.63, 3.8) is 0 Å². The molecule has 0 fully saturated rings. The highest BCUT2D eigenvalue weighted by Crippen LogP contribution is 2.30. The molecule has 0 atom stereocenters. The van der Waals surface area contributed by atoms with E-state index >= 15 is 0 Å². The summed E-state index contributed by atoms with van der Waals surface area (Å²) in [6, 6.07) is 8.87. The van der Waals surface area contributed by atoms with Gasteiger partial charge in [-0.3, -0.25) is 0 Å². The third kappa shape index (κ3) is 4.78. The van der Waals surface area contributed by atoms with Crippen molar-refractivity contribution in [1.82, 2.24) is 0 Å². The molecule has 2 rings (SSSR count). The summed E-state index contributed by atoms with van der Waals surface area (Å²) in [6.07, 6.45) is 8.85. The Bertz CT molecular complexity index is 656. The molecule has 0 bridgehead atoms. The van der Waals surface area contributed by atoms with Gasteiger partial charge in [0.1, 0.15) is 23.1 Å². The summed E-state index contributed by atoms with van der Waals surface area (Å²) in [5, 5.41) is 0. The van der Waals surface area contributed by atoms with Gasteiger partial charge in [0.2, 0.25) is 0 Å². The largest absolute Gasteiger partial charge is 0.457 e. The summed E-state index contributed by atoms with van der Waals surface area (Å²) in [6.45, 7) is 3.82. The number of hydrogen-bond donors (Lipinski definition) is 0. The molecule has 120 valence electrons. The van der Waals surface area contributed by atoms with Crippen molar-refractivity contribution >= 4 is 0 Å². The third-order valence-electron chi connectivity index (χ3n) is 3.41. The molecule has 0 spiro atoms. The predicted molar refractivity (Wildman–Crippen MR) is 89.9 cm³/mol. The fourth-order valence-corrected chi connectivity index (χ4v) is 2.22. The van der Waals surface area contributed by atoms with Crippen molar-refractivity contribution in [2.45, 2.75) is 26.7 Å². The van der Waals surface area contributed by atoms with E-state index in [0.29, 0.717) is 24.3 Å². The lowest BCUT2D eigenvalue weighted by molar-refractivity contribution is 0.468. The minimum absolute atomic E-state index is 0.301. The molecule has 1 nitrogen and oxygen atoms in total. The van der Waals surface area contributed by atoms with Gasteiger partial charge in [0.05, 0.1) is 0 Å². The van der Waals surface area contributed by atoms with E-state index in [1.165, 1.54) is 24.3 Å². The molecule has 0 amide bonds. The van der Waals surface area contributed by atoms with Crippen LogP contribution in [0.15, 0.2) is 60.7 Å². The molecule has 0 aliphatic heterocycles. The topological polar surface area (TPSA) is 9.23 Å². The van der Waals surface area contributed by atoms with Gasteiger partial charge in [-0.2, -0.15) is 0 Å². The van der Waals surface area contributed by atoms with Crippen LogP contribution in [0.4, 0.5) is 8.78 Å². The lowest BCUT2D eigenvalue weighted by Gasteiger charge is -2.13. The lowest BCUT2D eigenvalue weighted by atomic mass is 10.1. The van der Waals surface area contributed by atoms with E-state index in [2.05, 4.69) is 0 Å². The van der Waals surface area contributed by atoms with E-state index in [-0.39, 0.29) is 11.6 Å². The SMILES string of the molecule is CC=CCc1cc(F)ccc1Oc1ccc(F)cc1CC=CC. The van der Waals surface area contributed by atoms with Crippen LogP contribution in [0.2, 0.25) is 0 Å². The maximum atomic E-state index is 13.5. The van der Waals surface area contributed by atoms with Gasteiger partial charge in [-0.15, -0.1) is 0 Å². The van der Waals surface area contributed by atoms with E-state index in [0.717, 1.165) is 11.1 Å². The van der Waals surface area contributed by atoms with Gasteiger partial charge in [0.25, 0.3) is 0 Å². The van der Waals surface area contributed by atoms with E-state index in [9.17, 15) is 8.78 Å². The second kappa shape index (κ2) is 8.28. The number of ether oxygens (including phenoxy) is 1. The van der Waals surface area contributed by atoms with Crippen LogP contribution < -0.4 is 4.74 Å². The summed E-state index contributed by atoms with van der Waals surface area (Å²) in [7, 11) is 0. The van der Waals surface area contributed by atoms with Crippen LogP contribution >= 0.6 is 0 Å². The van der Waals surface area contributed by atoms with E-state index in [1.54, 1.807) is 12.1 Å². The summed E-state index contributed by atoms with van der Waals surface area (Å²) >= 11 is 0. The molecular weight excluding hydrogens is 294 g/mol. The first-order valence-corrected chi connectivity index (χ1v) is 7.61. The van der Waals surface area contributed by atoms with Gasteiger partial charge in [0, 0.05) is 11.1 Å². The van der Waals surface area contributed by atoms with Gasteiger partial charge in [0.15, 0.2) is 0 Å². The van der Waals surface area contributed by atoms with Crippen molar-refractivity contribution in [2.75, 3.05) is 0 Å². The quantitative estimate of drug-likeness (QED) is 0.595. The number of benzene rings is 2. The second-order valence-electron chi connectivity index (χ2n) is 5.15. The molecule has 23 heavy (non-hydrogen) atoms. The Morgan fingerprint density at radius 2 is 1.22 bits per heavy atom. The van der Waals surface area contributed by atoms with E-state index in [4.69, 9.17) is 4.74 Å². The van der Waals surface area contributed by atoms with Crippen molar-refractivity contribution in [2.24, 2.45) is 0 Å². The minimum atomic E-state index is -0.301. The van der Waals surface area contributed by atoms with Crippen molar-refractivity contribution in [3.05, 3.63) is 83.5 Å². The summed E-state index contributed by atoms with van der Waals surface area (Å²) < 4.78 is 32.9. The van der Waals surface area contributed by atoms with Crippen molar-refractivity contribution in [1.29, 1.82) is 0 Å². The van der Waals surface area contributed by atoms with E-state index < -0.39 is 0 Å². The molecule has 0 aromatic heterocycles. The number of hydrogen-bond acceptors (Lipinski definition) is 1. The first-order chi connectivity index (χ1) is 11.1. The molecule has 0 aliphatic carbocycles. The average molecular weight is 314 g/mol. The molecule has 0 unspecified atom stereocenters. The smallest absolute Gasteiger partial charge is 0.131 e. The molecule has 0 radical (unpaired) electrons. The zero-order valence-electron chi connectivity index (χ0n) is 13.4. The van der Waals surface area contributed by atoms with Gasteiger partial charge < -0.3 is 4.74 Å². The fourth-order valence-electron chi connectivity index (χ4n) is 2.22. The minimum Gasteiger partial charge on any atom is -0.457 e. The Kier molecular flexibility index (Phi) is 6.10. The average Bonchev–Trinajstić information content (AvgIpc) is 2.54. The van der Waals surface area contributed by atoms with Gasteiger partial charge in [-0.25, -0.2) is 8.78 Å². The molecule has 0 saturated heterocycles. The summed E-state index contributed by atoms with van der Waals surface area (Å²) in [4.78, 5) is 0. The number of allylic oxidation sites excluding steroid dienone is 4. The standard InChI is InChI=1S/C20H20F2O/c1-3-5-7-15-13-17(21)9-11-19(15)23-20-12-10-18(22)14-16(20)8-6-4-2/h3-6,9-14H,7-8H2,1-2H3. The van der Waals surface area contributed by atoms with Crippen LogP contribution in [0.25, 0.3) is 0 Å². The monoisotopic (exact) mass is 314 g/mol. The Balaban J connectivity index is 2.35. The second-order valence-corrected chi connectivity index (χ2v) is 5.15. The first kappa shape index (κ1) is 16.9. The Morgan fingerprint density at radius 3 is 1.61 bits per heavy atom. The molecule has 0 N–H and O–H groups in total. The Morgan fingerprint density at radius 1 is 0.783 bits per heavy atom. The van der Waals surface area contributed by atoms with Gasteiger partial charge in [-0.1, -0.05) is 24.3 Å². The van der Waals surface area contributed by atoms with E-state index in [1.807, 2.05) is 38.2 Å². The van der Waals surface area contributed by atoms with Gasteiger partial charge in [-0.05, 0) is 63.1 Å². The molecule has 2 aromatic rings. The van der Waals surface area contributed by atoms with Crippen LogP contribution in [0.1, 0.15) is 25.0 Å². The normalized spacial score (nSPS) is 11.5. The maximum absolute atomic E-state index is 13.5. The number of rotatable bonds is 6. The van der Waals surface area contributed by atoms with Crippen LogP contribution in [0.5, 0.6) is 11.5 Å². The molecular formula is C20H20F2O. The molecule has 3 heteroatoms. The van der Waals surface area contributed by atoms with Crippen molar-refractivity contribution < 1.29 is 13.5 Å². The molecule has 2 aromatic carbocycles. The number of halogens is 2. The summed E-state index contributed by atoms with van der Waals surface area (Å²) in [5.41, 5.74) is 1.51. The molecule has 0 aliphatic rings.